The van der Waals surface area contributed by atoms with Crippen LogP contribution in [0.4, 0.5) is 0 Å². The summed E-state index contributed by atoms with van der Waals surface area (Å²) in [6, 6.07) is 9.76. The molecule has 3 aromatic rings. The molecule has 0 saturated carbocycles. The van der Waals surface area contributed by atoms with E-state index in [4.69, 9.17) is 16.4 Å². The van der Waals surface area contributed by atoms with Crippen molar-refractivity contribution in [2.75, 3.05) is 38.7 Å². The monoisotopic (exact) mass is 531 g/mol. The number of carbonyl (C=O) groups excluding carboxylic acids is 1. The predicted octanol–water partition coefficient (Wildman–Crippen LogP) is 3.13. The number of nitrogens with two attached hydrogens (primary N) is 2. The molecule has 3 aliphatic rings. The maximum Gasteiger partial charge on any atom is 0.236 e. The Labute approximate surface area is 229 Å². The Kier molecular flexibility index (Phi) is 6.89. The fraction of sp³-hybridized carbons (Fsp3) is 0.533. The lowest BCUT2D eigenvalue weighted by molar-refractivity contribution is -0.136. The third-order valence-corrected chi connectivity index (χ3v) is 9.13. The van der Waals surface area contributed by atoms with Gasteiger partial charge in [-0.2, -0.15) is 5.10 Å². The fourth-order valence-electron chi connectivity index (χ4n) is 7.06. The summed E-state index contributed by atoms with van der Waals surface area (Å²) in [6.45, 7) is 10.2. The number of likely N-dealkylation sites (tertiary alicyclic amines) is 1. The normalized spacial score (nSPS) is 22.9. The highest BCUT2D eigenvalue weighted by Gasteiger charge is 2.39. The lowest BCUT2D eigenvalue weighted by atomic mass is 9.87. The van der Waals surface area contributed by atoms with Gasteiger partial charge in [-0.1, -0.05) is 19.9 Å². The van der Waals surface area contributed by atoms with E-state index in [-0.39, 0.29) is 5.91 Å². The zero-order valence-electron chi connectivity index (χ0n) is 23.3. The summed E-state index contributed by atoms with van der Waals surface area (Å²) in [5, 5.41) is 5.08. The summed E-state index contributed by atoms with van der Waals surface area (Å²) in [6.07, 6.45) is 6.19. The number of hydrogen-bond acceptors (Lipinski definition) is 6. The molecule has 9 nitrogen and oxygen atoms in total. The van der Waals surface area contributed by atoms with Crippen molar-refractivity contribution in [1.82, 2.24) is 19.5 Å². The average Bonchev–Trinajstić information content (AvgIpc) is 3.40. The number of hydrogen-bond donors (Lipinski definition) is 3. The van der Waals surface area contributed by atoms with Crippen molar-refractivity contribution < 1.29 is 9.53 Å². The molecular formula is C30H41N7O2. The minimum atomic E-state index is 0.279. The summed E-state index contributed by atoms with van der Waals surface area (Å²) in [7, 11) is 0. The molecule has 1 aromatic carbocycles. The number of fused-ring (bicyclic) bond motifs is 3. The van der Waals surface area contributed by atoms with Crippen LogP contribution in [-0.2, 0) is 9.53 Å². The van der Waals surface area contributed by atoms with Crippen molar-refractivity contribution in [3.8, 4) is 11.3 Å². The molecule has 3 aliphatic heterocycles. The Morgan fingerprint density at radius 3 is 2.49 bits per heavy atom. The number of aryl methyl sites for hydroxylation is 1. The van der Waals surface area contributed by atoms with Gasteiger partial charge >= 0.3 is 0 Å². The zero-order valence-corrected chi connectivity index (χ0v) is 23.3. The Morgan fingerprint density at radius 2 is 1.85 bits per heavy atom. The van der Waals surface area contributed by atoms with Crippen molar-refractivity contribution >= 4 is 16.8 Å². The topological polar surface area (TPSA) is 118 Å². The van der Waals surface area contributed by atoms with Crippen LogP contribution in [-0.4, -0.2) is 70.3 Å². The zero-order chi connectivity index (χ0) is 27.3. The van der Waals surface area contributed by atoms with Crippen LogP contribution in [0.25, 0.3) is 22.2 Å². The molecule has 208 valence electrons. The first-order valence-electron chi connectivity index (χ1n) is 14.3. The van der Waals surface area contributed by atoms with Crippen molar-refractivity contribution in [2.24, 2.45) is 10.9 Å². The van der Waals surface area contributed by atoms with Gasteiger partial charge in [0.25, 0.3) is 0 Å². The highest BCUT2D eigenvalue weighted by atomic mass is 16.5. The van der Waals surface area contributed by atoms with Gasteiger partial charge in [0.15, 0.2) is 5.49 Å². The molecule has 6 rings (SSSR count). The number of nitrogens with one attached hydrogen (secondary N) is 1. The van der Waals surface area contributed by atoms with E-state index in [0.717, 1.165) is 74.3 Å². The summed E-state index contributed by atoms with van der Waals surface area (Å²) in [4.78, 5) is 21.3. The van der Waals surface area contributed by atoms with Crippen LogP contribution >= 0.6 is 0 Å². The molecule has 1 amide bonds. The van der Waals surface area contributed by atoms with Crippen LogP contribution in [0, 0.1) is 6.92 Å². The number of piperidine rings is 1. The van der Waals surface area contributed by atoms with Gasteiger partial charge in [-0.15, -0.1) is 0 Å². The van der Waals surface area contributed by atoms with Crippen LogP contribution < -0.4 is 17.2 Å². The van der Waals surface area contributed by atoms with E-state index in [9.17, 15) is 4.79 Å². The van der Waals surface area contributed by atoms with E-state index in [0.29, 0.717) is 36.0 Å². The number of nitrogen functional groups attached to an aromatic ring is 1. The van der Waals surface area contributed by atoms with Gasteiger partial charge in [-0.05, 0) is 79.3 Å². The van der Waals surface area contributed by atoms with Crippen LogP contribution in [0.5, 0.6) is 0 Å². The van der Waals surface area contributed by atoms with Gasteiger partial charge in [0.05, 0.1) is 25.5 Å². The molecule has 2 aromatic heterocycles. The number of H-pyrrole nitrogens is 1. The Hall–Kier alpha value is -3.30. The Balaban J connectivity index is 1.20. The number of aromatic nitrogens is 2. The SMILES string of the molecule is Cc1cc(-c2[nH]c3ccc(C4CCN(C(=O)CN5C6CCC5COC6)CC4)cc3c2C(C)C)cn(N)/c1=N\N. The van der Waals surface area contributed by atoms with Crippen LogP contribution in [0.3, 0.4) is 0 Å². The quantitative estimate of drug-likeness (QED) is 0.345. The molecule has 5 N–H and O–H groups in total. The number of rotatable bonds is 5. The molecule has 2 atom stereocenters. The van der Waals surface area contributed by atoms with Gasteiger partial charge in [-0.25, -0.2) is 0 Å². The summed E-state index contributed by atoms with van der Waals surface area (Å²) in [5.41, 5.74) is 7.36. The van der Waals surface area contributed by atoms with Crippen molar-refractivity contribution in [3.63, 3.8) is 0 Å². The molecule has 0 spiro atoms. The van der Waals surface area contributed by atoms with Gasteiger partial charge in [0.1, 0.15) is 0 Å². The predicted molar refractivity (Wildman–Crippen MR) is 153 cm³/mol. The second-order valence-electron chi connectivity index (χ2n) is 11.9. The number of benzene rings is 1. The minimum absolute atomic E-state index is 0.279. The number of ether oxygens (including phenoxy) is 1. The van der Waals surface area contributed by atoms with Crippen molar-refractivity contribution in [3.05, 3.63) is 52.6 Å². The third kappa shape index (κ3) is 4.72. The molecule has 3 fully saturated rings. The van der Waals surface area contributed by atoms with Gasteiger partial charge < -0.3 is 26.3 Å². The highest BCUT2D eigenvalue weighted by molar-refractivity contribution is 5.92. The first-order valence-corrected chi connectivity index (χ1v) is 14.3. The summed E-state index contributed by atoms with van der Waals surface area (Å²) in [5.74, 6) is 12.8. The van der Waals surface area contributed by atoms with E-state index in [2.05, 4.69) is 58.0 Å². The smallest absolute Gasteiger partial charge is 0.236 e. The molecule has 2 bridgehead atoms. The molecule has 0 aliphatic carbocycles. The number of morpholine rings is 1. The van der Waals surface area contributed by atoms with E-state index in [1.807, 2.05) is 13.1 Å². The van der Waals surface area contributed by atoms with Crippen molar-refractivity contribution in [2.45, 2.75) is 70.4 Å². The molecule has 5 heterocycles. The van der Waals surface area contributed by atoms with E-state index in [1.54, 1.807) is 0 Å². The average molecular weight is 532 g/mol. The van der Waals surface area contributed by atoms with Crippen LogP contribution in [0.15, 0.2) is 35.6 Å². The van der Waals surface area contributed by atoms with Gasteiger partial charge in [0.2, 0.25) is 5.91 Å². The maximum atomic E-state index is 13.2. The number of amides is 1. The minimum Gasteiger partial charge on any atom is -0.378 e. The molecular weight excluding hydrogens is 490 g/mol. The number of carbonyl (C=O) groups is 1. The first kappa shape index (κ1) is 26.0. The molecule has 0 radical (unpaired) electrons. The maximum absolute atomic E-state index is 13.2. The Morgan fingerprint density at radius 1 is 1.13 bits per heavy atom. The first-order chi connectivity index (χ1) is 18.8. The van der Waals surface area contributed by atoms with Crippen molar-refractivity contribution in [1.29, 1.82) is 0 Å². The standard InChI is InChI=1S/C30H41N7O2/c1-18(2)28-25-13-21(4-7-26(25)33-29(28)22-12-19(3)30(34-31)37(32)14-22)20-8-10-35(11-9-20)27(38)15-36-23-5-6-24(36)17-39-16-23/h4,7,12-14,18,20,23-24,33H,5-6,8-11,15-17,31-32H2,1-3H3/b34-30-. The lowest BCUT2D eigenvalue weighted by Gasteiger charge is -2.37. The molecule has 9 heteroatoms. The second kappa shape index (κ2) is 10.4. The number of nitrogens with zero attached hydrogens (tertiary/aromatic N) is 4. The molecule has 2 unspecified atom stereocenters. The largest absolute Gasteiger partial charge is 0.378 e. The van der Waals surface area contributed by atoms with Gasteiger partial charge in [0, 0.05) is 47.8 Å². The highest BCUT2D eigenvalue weighted by Crippen LogP contribution is 2.38. The number of aromatic amines is 1. The van der Waals surface area contributed by atoms with E-state index >= 15 is 0 Å². The van der Waals surface area contributed by atoms with E-state index < -0.39 is 0 Å². The molecule has 39 heavy (non-hydrogen) atoms. The Bertz CT molecular complexity index is 1410. The van der Waals surface area contributed by atoms with Crippen LogP contribution in [0.2, 0.25) is 0 Å². The fourth-order valence-corrected chi connectivity index (χ4v) is 7.06. The third-order valence-electron chi connectivity index (χ3n) is 9.13. The lowest BCUT2D eigenvalue weighted by Crippen LogP contribution is -2.51. The summed E-state index contributed by atoms with van der Waals surface area (Å²) >= 11 is 0. The van der Waals surface area contributed by atoms with Crippen LogP contribution in [0.1, 0.15) is 68.1 Å². The summed E-state index contributed by atoms with van der Waals surface area (Å²) < 4.78 is 7.18. The second-order valence-corrected chi connectivity index (χ2v) is 11.9. The number of pyridine rings is 1. The van der Waals surface area contributed by atoms with Gasteiger partial charge in [-0.3, -0.25) is 14.4 Å². The molecule has 3 saturated heterocycles. The van der Waals surface area contributed by atoms with E-state index in [1.165, 1.54) is 21.2 Å².